The molecule has 0 aliphatic carbocycles. The second-order valence-electron chi connectivity index (χ2n) is 2.86. The average molecular weight is 189 g/mol. The molecule has 4 heteroatoms. The predicted octanol–water partition coefficient (Wildman–Crippen LogP) is 0.843. The van der Waals surface area contributed by atoms with Crippen molar-refractivity contribution in [3.63, 3.8) is 0 Å². The molecule has 0 aromatic heterocycles. The number of rotatable bonds is 8. The van der Waals surface area contributed by atoms with E-state index in [9.17, 15) is 9.90 Å². The SMILES string of the molecule is CCCCOCC(O)C[CH]C(=O)O. The summed E-state index contributed by atoms with van der Waals surface area (Å²) in [6, 6.07) is 0. The second kappa shape index (κ2) is 8.01. The molecule has 4 nitrogen and oxygen atoms in total. The summed E-state index contributed by atoms with van der Waals surface area (Å²) in [5.74, 6) is -1.01. The van der Waals surface area contributed by atoms with Crippen LogP contribution >= 0.6 is 0 Å². The largest absolute Gasteiger partial charge is 0.481 e. The molecule has 13 heavy (non-hydrogen) atoms. The van der Waals surface area contributed by atoms with Crippen molar-refractivity contribution in [3.8, 4) is 0 Å². The zero-order valence-electron chi connectivity index (χ0n) is 7.90. The fraction of sp³-hybridized carbons (Fsp3) is 0.778. The first-order valence-corrected chi connectivity index (χ1v) is 4.48. The van der Waals surface area contributed by atoms with Gasteiger partial charge in [0, 0.05) is 6.61 Å². The standard InChI is InChI=1S/C9H17O4/c1-2-3-6-13-7-8(10)4-5-9(11)12/h5,8,10H,2-4,6-7H2,1H3,(H,11,12). The van der Waals surface area contributed by atoms with Gasteiger partial charge in [-0.15, -0.1) is 0 Å². The van der Waals surface area contributed by atoms with Crippen LogP contribution in [-0.2, 0) is 9.53 Å². The Morgan fingerprint density at radius 2 is 2.31 bits per heavy atom. The molecular weight excluding hydrogens is 172 g/mol. The Kier molecular flexibility index (Phi) is 7.63. The van der Waals surface area contributed by atoms with Gasteiger partial charge >= 0.3 is 5.97 Å². The van der Waals surface area contributed by atoms with E-state index in [1.165, 1.54) is 0 Å². The van der Waals surface area contributed by atoms with Crippen molar-refractivity contribution in [1.29, 1.82) is 0 Å². The highest BCUT2D eigenvalue weighted by Crippen LogP contribution is 1.97. The van der Waals surface area contributed by atoms with Crippen LogP contribution in [0.3, 0.4) is 0 Å². The van der Waals surface area contributed by atoms with Gasteiger partial charge in [0.15, 0.2) is 0 Å². The lowest BCUT2D eigenvalue weighted by molar-refractivity contribution is -0.133. The third-order valence-electron chi connectivity index (χ3n) is 1.52. The van der Waals surface area contributed by atoms with Crippen LogP contribution in [0.2, 0.25) is 0 Å². The molecule has 0 saturated heterocycles. The van der Waals surface area contributed by atoms with E-state index in [2.05, 4.69) is 6.92 Å². The topological polar surface area (TPSA) is 66.8 Å². The maximum absolute atomic E-state index is 10.1. The number of carboxylic acids is 1. The highest BCUT2D eigenvalue weighted by Gasteiger charge is 2.07. The minimum Gasteiger partial charge on any atom is -0.481 e. The molecule has 0 aromatic rings. The van der Waals surface area contributed by atoms with Gasteiger partial charge in [-0.1, -0.05) is 13.3 Å². The van der Waals surface area contributed by atoms with Gasteiger partial charge < -0.3 is 14.9 Å². The van der Waals surface area contributed by atoms with Gasteiger partial charge in [0.1, 0.15) is 0 Å². The Morgan fingerprint density at radius 3 is 2.85 bits per heavy atom. The number of unbranched alkanes of at least 4 members (excludes halogenated alkanes) is 1. The minimum atomic E-state index is -1.01. The number of ether oxygens (including phenoxy) is 1. The normalized spacial score (nSPS) is 12.8. The second-order valence-corrected chi connectivity index (χ2v) is 2.86. The van der Waals surface area contributed by atoms with Crippen LogP contribution in [0.1, 0.15) is 26.2 Å². The summed E-state index contributed by atoms with van der Waals surface area (Å²) < 4.78 is 5.11. The summed E-state index contributed by atoms with van der Waals surface area (Å²) in [4.78, 5) is 10.1. The molecule has 0 spiro atoms. The highest BCUT2D eigenvalue weighted by atomic mass is 16.5. The van der Waals surface area contributed by atoms with Crippen LogP contribution in [0.5, 0.6) is 0 Å². The lowest BCUT2D eigenvalue weighted by Crippen LogP contribution is -2.17. The van der Waals surface area contributed by atoms with Crippen molar-refractivity contribution in [3.05, 3.63) is 6.42 Å². The Hall–Kier alpha value is -0.610. The molecule has 77 valence electrons. The van der Waals surface area contributed by atoms with E-state index in [0.29, 0.717) is 6.61 Å². The number of aliphatic carboxylic acids is 1. The molecular formula is C9H17O4. The lowest BCUT2D eigenvalue weighted by Gasteiger charge is -2.08. The maximum Gasteiger partial charge on any atom is 0.307 e. The summed E-state index contributed by atoms with van der Waals surface area (Å²) in [6.45, 7) is 2.89. The number of hydrogen-bond acceptors (Lipinski definition) is 3. The number of aliphatic hydroxyl groups is 1. The summed E-state index contributed by atoms with van der Waals surface area (Å²) in [5, 5.41) is 17.4. The maximum atomic E-state index is 10.1. The van der Waals surface area contributed by atoms with E-state index in [1.807, 2.05) is 0 Å². The van der Waals surface area contributed by atoms with Crippen LogP contribution in [0.15, 0.2) is 0 Å². The monoisotopic (exact) mass is 189 g/mol. The van der Waals surface area contributed by atoms with Crippen LogP contribution in [0.25, 0.3) is 0 Å². The fourth-order valence-corrected chi connectivity index (χ4v) is 0.771. The summed E-state index contributed by atoms with van der Waals surface area (Å²) in [5.41, 5.74) is 0. The van der Waals surface area contributed by atoms with E-state index in [1.54, 1.807) is 0 Å². The van der Waals surface area contributed by atoms with Gasteiger partial charge in [0.25, 0.3) is 0 Å². The van der Waals surface area contributed by atoms with Crippen molar-refractivity contribution in [2.45, 2.75) is 32.3 Å². The van der Waals surface area contributed by atoms with Gasteiger partial charge in [0.05, 0.1) is 19.1 Å². The van der Waals surface area contributed by atoms with E-state index in [-0.39, 0.29) is 13.0 Å². The van der Waals surface area contributed by atoms with E-state index >= 15 is 0 Å². The average Bonchev–Trinajstić information content (AvgIpc) is 2.09. The van der Waals surface area contributed by atoms with Crippen molar-refractivity contribution < 1.29 is 19.7 Å². The Bertz CT molecular complexity index is 136. The fourth-order valence-electron chi connectivity index (χ4n) is 0.771. The molecule has 0 rings (SSSR count). The molecule has 0 amide bonds. The molecule has 0 aliphatic heterocycles. The molecule has 0 saturated carbocycles. The first kappa shape index (κ1) is 12.4. The molecule has 1 radical (unpaired) electrons. The zero-order chi connectivity index (χ0) is 10.1. The quantitative estimate of drug-likeness (QED) is 0.555. The van der Waals surface area contributed by atoms with Crippen molar-refractivity contribution in [1.82, 2.24) is 0 Å². The van der Waals surface area contributed by atoms with Gasteiger partial charge in [-0.25, -0.2) is 0 Å². The number of aliphatic hydroxyl groups excluding tert-OH is 1. The molecule has 0 heterocycles. The van der Waals surface area contributed by atoms with Crippen molar-refractivity contribution in [2.24, 2.45) is 0 Å². The number of hydrogen-bond donors (Lipinski definition) is 2. The predicted molar refractivity (Wildman–Crippen MR) is 48.3 cm³/mol. The Labute approximate surface area is 78.5 Å². The first-order valence-electron chi connectivity index (χ1n) is 4.48. The molecule has 1 atom stereocenters. The molecule has 2 N–H and O–H groups in total. The lowest BCUT2D eigenvalue weighted by atomic mass is 10.2. The van der Waals surface area contributed by atoms with Crippen LogP contribution in [0, 0.1) is 6.42 Å². The summed E-state index contributed by atoms with van der Waals surface area (Å²) in [7, 11) is 0. The van der Waals surface area contributed by atoms with Crippen LogP contribution in [-0.4, -0.2) is 35.5 Å². The molecule has 0 fully saturated rings. The van der Waals surface area contributed by atoms with E-state index in [0.717, 1.165) is 19.3 Å². The number of carboxylic acid groups (broad SMARTS) is 1. The van der Waals surface area contributed by atoms with Crippen molar-refractivity contribution in [2.75, 3.05) is 13.2 Å². The number of carbonyl (C=O) groups is 1. The van der Waals surface area contributed by atoms with Gasteiger partial charge in [0.2, 0.25) is 0 Å². The third-order valence-corrected chi connectivity index (χ3v) is 1.52. The molecule has 1 unspecified atom stereocenters. The Morgan fingerprint density at radius 1 is 1.62 bits per heavy atom. The molecule has 0 aliphatic rings. The highest BCUT2D eigenvalue weighted by molar-refractivity contribution is 5.76. The van der Waals surface area contributed by atoms with E-state index < -0.39 is 12.1 Å². The van der Waals surface area contributed by atoms with Gasteiger partial charge in [-0.2, -0.15) is 0 Å². The van der Waals surface area contributed by atoms with Crippen molar-refractivity contribution >= 4 is 5.97 Å². The van der Waals surface area contributed by atoms with E-state index in [4.69, 9.17) is 9.84 Å². The van der Waals surface area contributed by atoms with Crippen LogP contribution in [0.4, 0.5) is 0 Å². The summed E-state index contributed by atoms with van der Waals surface area (Å²) in [6.07, 6.45) is 2.50. The summed E-state index contributed by atoms with van der Waals surface area (Å²) >= 11 is 0. The zero-order valence-corrected chi connectivity index (χ0v) is 7.90. The van der Waals surface area contributed by atoms with Gasteiger partial charge in [-0.3, -0.25) is 4.79 Å². The first-order chi connectivity index (χ1) is 6.16. The molecule has 0 bridgehead atoms. The third kappa shape index (κ3) is 9.30. The smallest absolute Gasteiger partial charge is 0.307 e. The van der Waals surface area contributed by atoms with Gasteiger partial charge in [-0.05, 0) is 12.8 Å². The van der Waals surface area contributed by atoms with Crippen LogP contribution < -0.4 is 0 Å². The molecule has 0 aromatic carbocycles. The minimum absolute atomic E-state index is 0.140. The Balaban J connectivity index is 3.19.